The predicted octanol–water partition coefficient (Wildman–Crippen LogP) is 0.960. The molecule has 0 radical (unpaired) electrons. The van der Waals surface area contributed by atoms with Crippen LogP contribution in [0, 0.1) is 0 Å². The molecule has 1 fully saturated rings. The fourth-order valence-electron chi connectivity index (χ4n) is 2.79. The molecule has 6 heteroatoms. The van der Waals surface area contributed by atoms with Gasteiger partial charge in [0.15, 0.2) is 0 Å². The zero-order valence-electron chi connectivity index (χ0n) is 11.3. The van der Waals surface area contributed by atoms with Crippen LogP contribution in [0.5, 0.6) is 0 Å². The van der Waals surface area contributed by atoms with Gasteiger partial charge < -0.3 is 9.47 Å². The summed E-state index contributed by atoms with van der Waals surface area (Å²) < 4.78 is 2.10. The van der Waals surface area contributed by atoms with Crippen LogP contribution >= 0.6 is 0 Å². The van der Waals surface area contributed by atoms with Crippen molar-refractivity contribution < 1.29 is 0 Å². The SMILES string of the molecule is Cn1ccnc1CCN1CCCC(c2ncn[nH]2)C1. The molecule has 1 N–H and O–H groups in total. The van der Waals surface area contributed by atoms with Crippen molar-refractivity contribution >= 4 is 0 Å². The molecule has 0 aromatic carbocycles. The van der Waals surface area contributed by atoms with Crippen LogP contribution in [0.4, 0.5) is 0 Å². The van der Waals surface area contributed by atoms with Crippen molar-refractivity contribution in [1.82, 2.24) is 29.6 Å². The Kier molecular flexibility index (Phi) is 3.59. The van der Waals surface area contributed by atoms with E-state index in [1.165, 1.54) is 19.4 Å². The third-order valence-electron chi connectivity index (χ3n) is 3.90. The van der Waals surface area contributed by atoms with E-state index in [0.29, 0.717) is 5.92 Å². The fraction of sp³-hybridized carbons (Fsp3) is 0.615. The van der Waals surface area contributed by atoms with E-state index < -0.39 is 0 Å². The largest absolute Gasteiger partial charge is 0.338 e. The predicted molar refractivity (Wildman–Crippen MR) is 71.7 cm³/mol. The Balaban J connectivity index is 1.55. The van der Waals surface area contributed by atoms with E-state index >= 15 is 0 Å². The number of nitrogens with one attached hydrogen (secondary N) is 1. The molecule has 1 atom stereocenters. The monoisotopic (exact) mass is 260 g/mol. The number of aryl methyl sites for hydroxylation is 1. The quantitative estimate of drug-likeness (QED) is 0.889. The summed E-state index contributed by atoms with van der Waals surface area (Å²) in [5.41, 5.74) is 0. The fourth-order valence-corrected chi connectivity index (χ4v) is 2.79. The lowest BCUT2D eigenvalue weighted by atomic mass is 9.97. The Bertz CT molecular complexity index is 503. The van der Waals surface area contributed by atoms with Gasteiger partial charge >= 0.3 is 0 Å². The molecule has 1 saturated heterocycles. The number of aromatic amines is 1. The number of H-pyrrole nitrogens is 1. The molecule has 0 aliphatic carbocycles. The second-order valence-corrected chi connectivity index (χ2v) is 5.21. The van der Waals surface area contributed by atoms with Crippen LogP contribution in [-0.2, 0) is 13.5 Å². The second kappa shape index (κ2) is 5.52. The Labute approximate surface area is 112 Å². The summed E-state index contributed by atoms with van der Waals surface area (Å²) in [4.78, 5) is 11.2. The number of nitrogens with zero attached hydrogens (tertiary/aromatic N) is 5. The van der Waals surface area contributed by atoms with E-state index in [9.17, 15) is 0 Å². The van der Waals surface area contributed by atoms with Gasteiger partial charge in [-0.3, -0.25) is 5.10 Å². The first-order valence-electron chi connectivity index (χ1n) is 6.87. The molecule has 1 aliphatic heterocycles. The average molecular weight is 260 g/mol. The van der Waals surface area contributed by atoms with Crippen LogP contribution < -0.4 is 0 Å². The molecule has 0 amide bonds. The van der Waals surface area contributed by atoms with Gasteiger partial charge in [0.1, 0.15) is 18.0 Å². The van der Waals surface area contributed by atoms with E-state index in [4.69, 9.17) is 0 Å². The summed E-state index contributed by atoms with van der Waals surface area (Å²) in [6, 6.07) is 0. The molecule has 6 nitrogen and oxygen atoms in total. The van der Waals surface area contributed by atoms with Gasteiger partial charge in [-0.05, 0) is 19.4 Å². The van der Waals surface area contributed by atoms with Gasteiger partial charge in [0.25, 0.3) is 0 Å². The summed E-state index contributed by atoms with van der Waals surface area (Å²) in [6.07, 6.45) is 8.90. The number of rotatable bonds is 4. The van der Waals surface area contributed by atoms with Gasteiger partial charge in [-0.15, -0.1) is 0 Å². The summed E-state index contributed by atoms with van der Waals surface area (Å²) >= 11 is 0. The molecule has 0 spiro atoms. The number of hydrogen-bond donors (Lipinski definition) is 1. The van der Waals surface area contributed by atoms with Crippen LogP contribution in [0.2, 0.25) is 0 Å². The summed E-state index contributed by atoms with van der Waals surface area (Å²) in [5.74, 6) is 2.68. The highest BCUT2D eigenvalue weighted by Crippen LogP contribution is 2.23. The zero-order chi connectivity index (χ0) is 13.1. The standard InChI is InChI=1S/C13H20N6/c1-18-8-5-14-12(18)4-7-19-6-2-3-11(9-19)13-15-10-16-17-13/h5,8,10-11H,2-4,6-7,9H2,1H3,(H,15,16,17). The van der Waals surface area contributed by atoms with Crippen molar-refractivity contribution in [3.63, 3.8) is 0 Å². The molecular weight excluding hydrogens is 240 g/mol. The van der Waals surface area contributed by atoms with Crippen LogP contribution in [0.25, 0.3) is 0 Å². The molecular formula is C13H20N6. The maximum absolute atomic E-state index is 4.38. The van der Waals surface area contributed by atoms with Crippen molar-refractivity contribution in [3.05, 3.63) is 30.4 Å². The van der Waals surface area contributed by atoms with Crippen LogP contribution in [0.1, 0.15) is 30.4 Å². The summed E-state index contributed by atoms with van der Waals surface area (Å²) in [5, 5.41) is 6.95. The molecule has 19 heavy (non-hydrogen) atoms. The second-order valence-electron chi connectivity index (χ2n) is 5.21. The lowest BCUT2D eigenvalue weighted by Gasteiger charge is -2.31. The van der Waals surface area contributed by atoms with Crippen molar-refractivity contribution in [2.45, 2.75) is 25.2 Å². The van der Waals surface area contributed by atoms with Gasteiger partial charge in [0.2, 0.25) is 0 Å². The Morgan fingerprint density at radius 3 is 3.11 bits per heavy atom. The smallest absolute Gasteiger partial charge is 0.137 e. The number of aromatic nitrogens is 5. The van der Waals surface area contributed by atoms with E-state index in [1.54, 1.807) is 6.33 Å². The Hall–Kier alpha value is -1.69. The number of hydrogen-bond acceptors (Lipinski definition) is 4. The highest BCUT2D eigenvalue weighted by Gasteiger charge is 2.23. The lowest BCUT2D eigenvalue weighted by molar-refractivity contribution is 0.205. The topological polar surface area (TPSA) is 62.6 Å². The molecule has 102 valence electrons. The molecule has 2 aromatic rings. The van der Waals surface area contributed by atoms with E-state index in [2.05, 4.69) is 36.7 Å². The van der Waals surface area contributed by atoms with Crippen molar-refractivity contribution in [2.24, 2.45) is 7.05 Å². The molecule has 2 aromatic heterocycles. The van der Waals surface area contributed by atoms with Crippen molar-refractivity contribution in [3.8, 4) is 0 Å². The normalized spacial score (nSPS) is 20.8. The van der Waals surface area contributed by atoms with Gasteiger partial charge in [0, 0.05) is 44.9 Å². The molecule has 1 unspecified atom stereocenters. The first kappa shape index (κ1) is 12.3. The minimum Gasteiger partial charge on any atom is -0.338 e. The van der Waals surface area contributed by atoms with E-state index in [-0.39, 0.29) is 0 Å². The minimum absolute atomic E-state index is 0.498. The summed E-state index contributed by atoms with van der Waals surface area (Å²) in [7, 11) is 2.05. The zero-order valence-corrected chi connectivity index (χ0v) is 11.3. The first-order valence-corrected chi connectivity index (χ1v) is 6.87. The van der Waals surface area contributed by atoms with Crippen molar-refractivity contribution in [1.29, 1.82) is 0 Å². The highest BCUT2D eigenvalue weighted by molar-refractivity contribution is 4.98. The van der Waals surface area contributed by atoms with Gasteiger partial charge in [0.05, 0.1) is 0 Å². The van der Waals surface area contributed by atoms with Gasteiger partial charge in [-0.25, -0.2) is 9.97 Å². The third kappa shape index (κ3) is 2.84. The molecule has 0 bridgehead atoms. The molecule has 1 aliphatic rings. The number of imidazole rings is 1. The Morgan fingerprint density at radius 1 is 1.42 bits per heavy atom. The van der Waals surface area contributed by atoms with Gasteiger partial charge in [-0.1, -0.05) is 0 Å². The van der Waals surface area contributed by atoms with Crippen LogP contribution in [0.15, 0.2) is 18.7 Å². The number of likely N-dealkylation sites (tertiary alicyclic amines) is 1. The van der Waals surface area contributed by atoms with Crippen LogP contribution in [-0.4, -0.2) is 49.3 Å². The molecule has 3 heterocycles. The Morgan fingerprint density at radius 2 is 2.37 bits per heavy atom. The summed E-state index contributed by atoms with van der Waals surface area (Å²) in [6.45, 7) is 3.31. The maximum atomic E-state index is 4.38. The first-order chi connectivity index (χ1) is 9.33. The maximum Gasteiger partial charge on any atom is 0.137 e. The van der Waals surface area contributed by atoms with E-state index in [1.807, 2.05) is 12.4 Å². The lowest BCUT2D eigenvalue weighted by Crippen LogP contribution is -2.36. The van der Waals surface area contributed by atoms with E-state index in [0.717, 1.165) is 31.2 Å². The molecule has 0 saturated carbocycles. The average Bonchev–Trinajstić information content (AvgIpc) is 3.08. The third-order valence-corrected chi connectivity index (χ3v) is 3.90. The van der Waals surface area contributed by atoms with Crippen LogP contribution in [0.3, 0.4) is 0 Å². The number of piperidine rings is 1. The highest BCUT2D eigenvalue weighted by atomic mass is 15.2. The minimum atomic E-state index is 0.498. The molecule has 3 rings (SSSR count). The van der Waals surface area contributed by atoms with Gasteiger partial charge in [-0.2, -0.15) is 5.10 Å². The van der Waals surface area contributed by atoms with Crippen molar-refractivity contribution in [2.75, 3.05) is 19.6 Å².